The number of para-hydroxylation sites is 1. The van der Waals surface area contributed by atoms with Gasteiger partial charge in [-0.2, -0.15) is 11.3 Å². The van der Waals surface area contributed by atoms with Crippen LogP contribution in [0, 0.1) is 0 Å². The standard InChI is InChI=1S/C15H19N3OS/c1-16-15(18-11-13-7-10-20-12-13)17-8-9-19-14-5-3-2-4-6-14/h2-7,10,12H,8-9,11H2,1H3,(H2,16,17,18). The highest BCUT2D eigenvalue weighted by Crippen LogP contribution is 2.07. The third-order valence-corrected chi connectivity index (χ3v) is 3.40. The Balaban J connectivity index is 1.64. The van der Waals surface area contributed by atoms with Crippen LogP contribution in [-0.2, 0) is 6.54 Å². The minimum absolute atomic E-state index is 0.600. The summed E-state index contributed by atoms with van der Waals surface area (Å²) in [5.74, 6) is 1.67. The number of aliphatic imine (C=N–C) groups is 1. The van der Waals surface area contributed by atoms with Crippen LogP contribution in [0.3, 0.4) is 0 Å². The SMILES string of the molecule is CN=C(NCCOc1ccccc1)NCc1ccsc1. The van der Waals surface area contributed by atoms with Gasteiger partial charge in [0.05, 0.1) is 6.54 Å². The van der Waals surface area contributed by atoms with Crippen LogP contribution < -0.4 is 15.4 Å². The molecule has 0 bridgehead atoms. The molecule has 20 heavy (non-hydrogen) atoms. The Bertz CT molecular complexity index is 511. The monoisotopic (exact) mass is 289 g/mol. The van der Waals surface area contributed by atoms with Crippen LogP contribution in [0.5, 0.6) is 5.75 Å². The summed E-state index contributed by atoms with van der Waals surface area (Å²) in [6.07, 6.45) is 0. The van der Waals surface area contributed by atoms with Crippen molar-refractivity contribution in [3.63, 3.8) is 0 Å². The van der Waals surface area contributed by atoms with Gasteiger partial charge in [0.15, 0.2) is 5.96 Å². The number of rotatable bonds is 6. The lowest BCUT2D eigenvalue weighted by molar-refractivity contribution is 0.322. The summed E-state index contributed by atoms with van der Waals surface area (Å²) in [6, 6.07) is 11.9. The Hall–Kier alpha value is -2.01. The lowest BCUT2D eigenvalue weighted by atomic mass is 10.3. The molecule has 1 heterocycles. The van der Waals surface area contributed by atoms with Gasteiger partial charge in [0, 0.05) is 13.6 Å². The van der Waals surface area contributed by atoms with E-state index in [1.165, 1.54) is 5.56 Å². The van der Waals surface area contributed by atoms with Gasteiger partial charge in [-0.05, 0) is 34.5 Å². The van der Waals surface area contributed by atoms with Crippen molar-refractivity contribution < 1.29 is 4.74 Å². The van der Waals surface area contributed by atoms with E-state index in [2.05, 4.69) is 32.5 Å². The second-order valence-electron chi connectivity index (χ2n) is 4.15. The predicted molar refractivity (Wildman–Crippen MR) is 84.5 cm³/mol. The molecule has 5 heteroatoms. The van der Waals surface area contributed by atoms with Gasteiger partial charge in [-0.25, -0.2) is 0 Å². The zero-order valence-electron chi connectivity index (χ0n) is 11.5. The summed E-state index contributed by atoms with van der Waals surface area (Å²) in [4.78, 5) is 4.17. The van der Waals surface area contributed by atoms with E-state index >= 15 is 0 Å². The van der Waals surface area contributed by atoms with Gasteiger partial charge in [-0.1, -0.05) is 18.2 Å². The summed E-state index contributed by atoms with van der Waals surface area (Å²) in [6.45, 7) is 2.09. The molecule has 0 amide bonds. The van der Waals surface area contributed by atoms with Crippen molar-refractivity contribution in [2.45, 2.75) is 6.54 Å². The highest BCUT2D eigenvalue weighted by Gasteiger charge is 1.98. The molecule has 0 atom stereocenters. The molecule has 106 valence electrons. The van der Waals surface area contributed by atoms with Crippen molar-refractivity contribution in [1.29, 1.82) is 0 Å². The normalized spacial score (nSPS) is 11.2. The molecule has 0 saturated carbocycles. The number of nitrogens with zero attached hydrogens (tertiary/aromatic N) is 1. The Morgan fingerprint density at radius 2 is 2.05 bits per heavy atom. The summed E-state index contributed by atoms with van der Waals surface area (Å²) in [7, 11) is 1.76. The highest BCUT2D eigenvalue weighted by atomic mass is 32.1. The minimum atomic E-state index is 0.600. The maximum atomic E-state index is 5.61. The molecule has 2 aromatic rings. The number of benzene rings is 1. The second-order valence-corrected chi connectivity index (χ2v) is 4.93. The number of nitrogens with one attached hydrogen (secondary N) is 2. The van der Waals surface area contributed by atoms with Crippen molar-refractivity contribution in [3.05, 3.63) is 52.7 Å². The fourth-order valence-corrected chi connectivity index (χ4v) is 2.32. The first kappa shape index (κ1) is 14.4. The lowest BCUT2D eigenvalue weighted by Gasteiger charge is -2.12. The first-order valence-electron chi connectivity index (χ1n) is 6.52. The van der Waals surface area contributed by atoms with Crippen LogP contribution >= 0.6 is 11.3 Å². The average Bonchev–Trinajstić information content (AvgIpc) is 3.01. The summed E-state index contributed by atoms with van der Waals surface area (Å²) in [5, 5.41) is 10.7. The first-order chi connectivity index (χ1) is 9.88. The van der Waals surface area contributed by atoms with Gasteiger partial charge >= 0.3 is 0 Å². The molecule has 0 aliphatic rings. The molecule has 1 aromatic carbocycles. The van der Waals surface area contributed by atoms with Crippen LogP contribution in [0.1, 0.15) is 5.56 Å². The molecule has 2 N–H and O–H groups in total. The molecule has 0 aliphatic heterocycles. The zero-order valence-corrected chi connectivity index (χ0v) is 12.3. The largest absolute Gasteiger partial charge is 0.492 e. The maximum Gasteiger partial charge on any atom is 0.191 e. The molecular weight excluding hydrogens is 270 g/mol. The average molecular weight is 289 g/mol. The second kappa shape index (κ2) is 8.22. The van der Waals surface area contributed by atoms with Gasteiger partial charge in [0.1, 0.15) is 12.4 Å². The molecule has 0 spiro atoms. The topological polar surface area (TPSA) is 45.7 Å². The van der Waals surface area contributed by atoms with E-state index in [1.54, 1.807) is 18.4 Å². The van der Waals surface area contributed by atoms with Crippen LogP contribution in [0.25, 0.3) is 0 Å². The number of ether oxygens (including phenoxy) is 1. The van der Waals surface area contributed by atoms with Gasteiger partial charge in [0.2, 0.25) is 0 Å². The Morgan fingerprint density at radius 3 is 2.75 bits per heavy atom. The van der Waals surface area contributed by atoms with Gasteiger partial charge < -0.3 is 15.4 Å². The Morgan fingerprint density at radius 1 is 1.20 bits per heavy atom. The quantitative estimate of drug-likeness (QED) is 0.488. The number of guanidine groups is 1. The van der Waals surface area contributed by atoms with Crippen molar-refractivity contribution >= 4 is 17.3 Å². The summed E-state index contributed by atoms with van der Waals surface area (Å²) < 4.78 is 5.61. The van der Waals surface area contributed by atoms with E-state index in [0.29, 0.717) is 13.2 Å². The molecule has 0 unspecified atom stereocenters. The Labute approximate surface area is 123 Å². The fraction of sp³-hybridized carbons (Fsp3) is 0.267. The third kappa shape index (κ3) is 4.93. The maximum absolute atomic E-state index is 5.61. The summed E-state index contributed by atoms with van der Waals surface area (Å²) in [5.41, 5.74) is 1.26. The molecule has 0 radical (unpaired) electrons. The number of thiophene rings is 1. The van der Waals surface area contributed by atoms with Gasteiger partial charge in [-0.15, -0.1) is 0 Å². The zero-order chi connectivity index (χ0) is 14.0. The molecule has 1 aromatic heterocycles. The van der Waals surface area contributed by atoms with Crippen molar-refractivity contribution in [2.75, 3.05) is 20.2 Å². The van der Waals surface area contributed by atoms with E-state index < -0.39 is 0 Å². The van der Waals surface area contributed by atoms with Crippen LogP contribution in [0.2, 0.25) is 0 Å². The molecule has 0 saturated heterocycles. The molecule has 0 aliphatic carbocycles. The van der Waals surface area contributed by atoms with Gasteiger partial charge in [0.25, 0.3) is 0 Å². The predicted octanol–water partition coefficient (Wildman–Crippen LogP) is 2.49. The van der Waals surface area contributed by atoms with E-state index in [0.717, 1.165) is 18.3 Å². The summed E-state index contributed by atoms with van der Waals surface area (Å²) >= 11 is 1.70. The van der Waals surface area contributed by atoms with Crippen LogP contribution in [0.4, 0.5) is 0 Å². The molecule has 2 rings (SSSR count). The molecular formula is C15H19N3OS. The smallest absolute Gasteiger partial charge is 0.191 e. The van der Waals surface area contributed by atoms with Crippen LogP contribution in [0.15, 0.2) is 52.2 Å². The minimum Gasteiger partial charge on any atom is -0.492 e. The van der Waals surface area contributed by atoms with Gasteiger partial charge in [-0.3, -0.25) is 4.99 Å². The van der Waals surface area contributed by atoms with E-state index in [1.807, 2.05) is 30.3 Å². The molecule has 0 fully saturated rings. The fourth-order valence-electron chi connectivity index (χ4n) is 1.65. The van der Waals surface area contributed by atoms with E-state index in [-0.39, 0.29) is 0 Å². The van der Waals surface area contributed by atoms with Crippen molar-refractivity contribution in [1.82, 2.24) is 10.6 Å². The van der Waals surface area contributed by atoms with E-state index in [9.17, 15) is 0 Å². The third-order valence-electron chi connectivity index (χ3n) is 2.67. The Kier molecular flexibility index (Phi) is 5.92. The number of hydrogen-bond acceptors (Lipinski definition) is 3. The number of hydrogen-bond donors (Lipinski definition) is 2. The van der Waals surface area contributed by atoms with Crippen molar-refractivity contribution in [2.24, 2.45) is 4.99 Å². The van der Waals surface area contributed by atoms with E-state index in [4.69, 9.17) is 4.74 Å². The lowest BCUT2D eigenvalue weighted by Crippen LogP contribution is -2.38. The van der Waals surface area contributed by atoms with Crippen molar-refractivity contribution in [3.8, 4) is 5.75 Å². The highest BCUT2D eigenvalue weighted by molar-refractivity contribution is 7.07. The van der Waals surface area contributed by atoms with Crippen LogP contribution in [-0.4, -0.2) is 26.2 Å². The molecule has 4 nitrogen and oxygen atoms in total. The first-order valence-corrected chi connectivity index (χ1v) is 7.46.